The Labute approximate surface area is 132 Å². The minimum atomic E-state index is -0.886. The number of carboxylic acid groups (broad SMARTS) is 1. The van der Waals surface area contributed by atoms with Crippen molar-refractivity contribution in [2.24, 2.45) is 5.92 Å². The van der Waals surface area contributed by atoms with E-state index in [1.807, 2.05) is 13.0 Å². The highest BCUT2D eigenvalue weighted by Crippen LogP contribution is 2.46. The van der Waals surface area contributed by atoms with Gasteiger partial charge in [-0.1, -0.05) is 6.92 Å². The average molecular weight is 325 g/mol. The fourth-order valence-electron chi connectivity index (χ4n) is 2.82. The Morgan fingerprint density at radius 2 is 2.14 bits per heavy atom. The Morgan fingerprint density at radius 3 is 2.67 bits per heavy atom. The van der Waals surface area contributed by atoms with Gasteiger partial charge < -0.3 is 10.0 Å². The zero-order valence-corrected chi connectivity index (χ0v) is 13.8. The fourth-order valence-corrected chi connectivity index (χ4v) is 5.51. The molecule has 2 atom stereocenters. The van der Waals surface area contributed by atoms with Crippen molar-refractivity contribution in [3.63, 3.8) is 0 Å². The van der Waals surface area contributed by atoms with E-state index in [1.165, 1.54) is 16.9 Å². The minimum Gasteiger partial charge on any atom is -0.480 e. The molecule has 1 aliphatic heterocycles. The molecule has 0 radical (unpaired) electrons. The molecule has 2 fully saturated rings. The summed E-state index contributed by atoms with van der Waals surface area (Å²) in [5, 5.41) is 9.45. The van der Waals surface area contributed by atoms with Crippen molar-refractivity contribution >= 4 is 35.0 Å². The number of nitrogens with zero attached hydrogens (tertiary/aromatic N) is 1. The van der Waals surface area contributed by atoms with Crippen LogP contribution in [-0.2, 0) is 11.2 Å². The Bertz CT molecular complexity index is 579. The van der Waals surface area contributed by atoms with Crippen LogP contribution in [0.25, 0.3) is 0 Å². The molecule has 1 aromatic heterocycles. The van der Waals surface area contributed by atoms with E-state index in [2.05, 4.69) is 6.92 Å². The lowest BCUT2D eigenvalue weighted by atomic mass is 10.2. The lowest BCUT2D eigenvalue weighted by Crippen LogP contribution is -2.46. The normalized spacial score (nSPS) is 25.3. The number of aliphatic carboxylic acids is 1. The van der Waals surface area contributed by atoms with Crippen molar-refractivity contribution in [2.45, 2.75) is 44.5 Å². The van der Waals surface area contributed by atoms with E-state index in [0.29, 0.717) is 16.5 Å². The van der Waals surface area contributed by atoms with E-state index in [1.54, 1.807) is 16.7 Å². The lowest BCUT2D eigenvalue weighted by molar-refractivity contribution is -0.141. The molecule has 1 saturated heterocycles. The fraction of sp³-hybridized carbons (Fsp3) is 0.600. The number of hydrogen-bond acceptors (Lipinski definition) is 4. The first kappa shape index (κ1) is 14.9. The van der Waals surface area contributed by atoms with Gasteiger partial charge in [-0.25, -0.2) is 4.79 Å². The van der Waals surface area contributed by atoms with Crippen LogP contribution in [0.2, 0.25) is 0 Å². The number of carbonyl (C=O) groups is 2. The van der Waals surface area contributed by atoms with E-state index in [0.717, 1.165) is 24.1 Å². The van der Waals surface area contributed by atoms with Crippen molar-refractivity contribution in [1.29, 1.82) is 0 Å². The summed E-state index contributed by atoms with van der Waals surface area (Å²) in [5.74, 6) is 0.00264. The molecule has 0 aromatic carbocycles. The maximum atomic E-state index is 12.8. The van der Waals surface area contributed by atoms with Gasteiger partial charge in [-0.15, -0.1) is 23.1 Å². The van der Waals surface area contributed by atoms with Crippen LogP contribution < -0.4 is 0 Å². The Kier molecular flexibility index (Phi) is 4.01. The van der Waals surface area contributed by atoms with Crippen LogP contribution in [0.3, 0.4) is 0 Å². The number of rotatable bonds is 4. The van der Waals surface area contributed by atoms with Crippen molar-refractivity contribution in [3.05, 3.63) is 21.4 Å². The van der Waals surface area contributed by atoms with Crippen LogP contribution in [-0.4, -0.2) is 39.1 Å². The van der Waals surface area contributed by atoms with Gasteiger partial charge in [0.15, 0.2) is 0 Å². The second-order valence-electron chi connectivity index (χ2n) is 5.67. The molecule has 21 heavy (non-hydrogen) atoms. The standard InChI is InChI=1S/C15H19NO3S2/c1-3-9-6-12(21-8(9)2)13(17)16-11(15(18)19)7-20-14(16)10-4-5-10/h6,10-11,14H,3-5,7H2,1-2H3,(H,18,19). The van der Waals surface area contributed by atoms with Gasteiger partial charge in [0.2, 0.25) is 0 Å². The molecule has 1 aromatic rings. The van der Waals surface area contributed by atoms with Crippen molar-refractivity contribution in [2.75, 3.05) is 5.75 Å². The summed E-state index contributed by atoms with van der Waals surface area (Å²) in [6.07, 6.45) is 3.12. The number of hydrogen-bond donors (Lipinski definition) is 1. The average Bonchev–Trinajstić information content (AvgIpc) is 3.08. The van der Waals surface area contributed by atoms with Gasteiger partial charge in [-0.05, 0) is 43.7 Å². The summed E-state index contributed by atoms with van der Waals surface area (Å²) in [6.45, 7) is 4.09. The van der Waals surface area contributed by atoms with Crippen LogP contribution in [0.15, 0.2) is 6.07 Å². The number of thioether (sulfide) groups is 1. The van der Waals surface area contributed by atoms with Crippen LogP contribution in [0.5, 0.6) is 0 Å². The molecule has 0 bridgehead atoms. The molecule has 2 unspecified atom stereocenters. The van der Waals surface area contributed by atoms with Crippen molar-refractivity contribution < 1.29 is 14.7 Å². The molecule has 114 valence electrons. The highest BCUT2D eigenvalue weighted by Gasteiger charge is 2.48. The summed E-state index contributed by atoms with van der Waals surface area (Å²) in [6, 6.07) is 1.26. The number of carboxylic acids is 1. The van der Waals surface area contributed by atoms with Gasteiger partial charge in [0, 0.05) is 10.6 Å². The van der Waals surface area contributed by atoms with E-state index in [9.17, 15) is 14.7 Å². The predicted octanol–water partition coefficient (Wildman–Crippen LogP) is 3.00. The van der Waals surface area contributed by atoms with E-state index in [4.69, 9.17) is 0 Å². The molecule has 2 heterocycles. The molecular formula is C15H19NO3S2. The maximum Gasteiger partial charge on any atom is 0.327 e. The molecule has 1 saturated carbocycles. The minimum absolute atomic E-state index is 0.0473. The molecule has 2 aliphatic rings. The number of aryl methyl sites for hydroxylation is 2. The first-order valence-corrected chi connectivity index (χ1v) is 9.15. The zero-order chi connectivity index (χ0) is 15.1. The van der Waals surface area contributed by atoms with Gasteiger partial charge in [-0.3, -0.25) is 4.79 Å². The van der Waals surface area contributed by atoms with E-state index in [-0.39, 0.29) is 11.3 Å². The molecule has 1 N–H and O–H groups in total. The summed E-state index contributed by atoms with van der Waals surface area (Å²) >= 11 is 3.11. The van der Waals surface area contributed by atoms with E-state index < -0.39 is 12.0 Å². The number of amides is 1. The zero-order valence-electron chi connectivity index (χ0n) is 12.2. The predicted molar refractivity (Wildman–Crippen MR) is 85.0 cm³/mol. The summed E-state index contributed by atoms with van der Waals surface area (Å²) in [4.78, 5) is 27.8. The van der Waals surface area contributed by atoms with E-state index >= 15 is 0 Å². The molecule has 3 rings (SSSR count). The molecule has 0 spiro atoms. The highest BCUT2D eigenvalue weighted by molar-refractivity contribution is 8.00. The molecule has 4 nitrogen and oxygen atoms in total. The third-order valence-corrected chi connectivity index (χ3v) is 6.73. The summed E-state index contributed by atoms with van der Waals surface area (Å²) in [7, 11) is 0. The Balaban J connectivity index is 1.89. The first-order valence-electron chi connectivity index (χ1n) is 7.29. The van der Waals surface area contributed by atoms with Gasteiger partial charge in [0.05, 0.1) is 10.3 Å². The molecule has 6 heteroatoms. The lowest BCUT2D eigenvalue weighted by Gasteiger charge is -2.26. The monoisotopic (exact) mass is 325 g/mol. The number of thiophene rings is 1. The van der Waals surface area contributed by atoms with Gasteiger partial charge in [0.25, 0.3) is 5.91 Å². The van der Waals surface area contributed by atoms with Gasteiger partial charge >= 0.3 is 5.97 Å². The highest BCUT2D eigenvalue weighted by atomic mass is 32.2. The maximum absolute atomic E-state index is 12.8. The van der Waals surface area contributed by atoms with Crippen molar-refractivity contribution in [3.8, 4) is 0 Å². The van der Waals surface area contributed by atoms with Crippen LogP contribution in [0.4, 0.5) is 0 Å². The topological polar surface area (TPSA) is 57.6 Å². The van der Waals surface area contributed by atoms with Crippen LogP contribution in [0, 0.1) is 12.8 Å². The second-order valence-corrected chi connectivity index (χ2v) is 8.08. The smallest absolute Gasteiger partial charge is 0.327 e. The van der Waals surface area contributed by atoms with Gasteiger partial charge in [0.1, 0.15) is 6.04 Å². The number of carbonyl (C=O) groups excluding carboxylic acids is 1. The largest absolute Gasteiger partial charge is 0.480 e. The van der Waals surface area contributed by atoms with Crippen molar-refractivity contribution in [1.82, 2.24) is 4.90 Å². The summed E-state index contributed by atoms with van der Waals surface area (Å²) < 4.78 is 0. The first-order chi connectivity index (χ1) is 10.0. The quantitative estimate of drug-likeness (QED) is 0.924. The molecular weight excluding hydrogens is 306 g/mol. The SMILES string of the molecule is CCc1cc(C(=O)N2C(C(=O)O)CSC2C2CC2)sc1C. The third kappa shape index (κ3) is 2.71. The van der Waals surface area contributed by atoms with Crippen LogP contribution >= 0.6 is 23.1 Å². The molecule has 1 amide bonds. The summed E-state index contributed by atoms with van der Waals surface area (Å²) in [5.41, 5.74) is 1.19. The second kappa shape index (κ2) is 5.65. The Morgan fingerprint density at radius 1 is 1.43 bits per heavy atom. The Hall–Kier alpha value is -1.01. The third-order valence-electron chi connectivity index (χ3n) is 4.19. The van der Waals surface area contributed by atoms with Gasteiger partial charge in [-0.2, -0.15) is 0 Å². The van der Waals surface area contributed by atoms with Crippen LogP contribution in [0.1, 0.15) is 39.9 Å². The molecule has 1 aliphatic carbocycles.